The van der Waals surface area contributed by atoms with Gasteiger partial charge in [-0.15, -0.1) is 0 Å². The maximum atomic E-state index is 12.0. The van der Waals surface area contributed by atoms with E-state index in [1.165, 1.54) is 11.8 Å². The van der Waals surface area contributed by atoms with Gasteiger partial charge in [0.1, 0.15) is 5.76 Å². The number of thioether (sulfide) groups is 1. The second-order valence-electron chi connectivity index (χ2n) is 3.96. The normalized spacial score (nSPS) is 10.7. The van der Waals surface area contributed by atoms with Crippen LogP contribution in [-0.4, -0.2) is 16.5 Å². The first-order valence-electron chi connectivity index (χ1n) is 5.52. The number of benzene rings is 1. The zero-order chi connectivity index (χ0) is 14.0. The second kappa shape index (κ2) is 5.99. The first-order chi connectivity index (χ1) is 8.97. The van der Waals surface area contributed by atoms with Gasteiger partial charge >= 0.3 is 0 Å². The largest absolute Gasteiger partial charge is 0.437 e. The molecule has 0 aliphatic carbocycles. The number of hydrogen-bond donors (Lipinski definition) is 0. The Bertz CT molecular complexity index is 606. The molecule has 0 aliphatic rings. The summed E-state index contributed by atoms with van der Waals surface area (Å²) >= 11 is 13.0. The minimum Gasteiger partial charge on any atom is -0.437 e. The minimum atomic E-state index is -0.0832. The van der Waals surface area contributed by atoms with E-state index in [9.17, 15) is 4.79 Å². The van der Waals surface area contributed by atoms with Crippen molar-refractivity contribution >= 4 is 40.7 Å². The lowest BCUT2D eigenvalue weighted by molar-refractivity contribution is 0.102. The molecule has 1 aromatic carbocycles. The number of nitrogens with zero attached hydrogens (tertiary/aromatic N) is 1. The van der Waals surface area contributed by atoms with Gasteiger partial charge in [-0.05, 0) is 32.0 Å². The number of halogens is 2. The van der Waals surface area contributed by atoms with Crippen molar-refractivity contribution in [3.63, 3.8) is 0 Å². The quantitative estimate of drug-likeness (QED) is 0.612. The molecule has 100 valence electrons. The standard InChI is InChI=1S/C13H11Cl2NO2S/c1-7-8(2)18-13(16-7)19-6-12(17)10-4-3-9(14)5-11(10)15/h3-5H,6H2,1-2H3. The van der Waals surface area contributed by atoms with Crippen LogP contribution >= 0.6 is 35.0 Å². The molecule has 0 spiro atoms. The molecule has 2 aromatic rings. The Balaban J connectivity index is 2.05. The third-order valence-electron chi connectivity index (χ3n) is 2.57. The smallest absolute Gasteiger partial charge is 0.256 e. The van der Waals surface area contributed by atoms with Crippen LogP contribution in [0.4, 0.5) is 0 Å². The molecule has 0 aliphatic heterocycles. The SMILES string of the molecule is Cc1nc(SCC(=O)c2ccc(Cl)cc2Cl)oc1C. The monoisotopic (exact) mass is 315 g/mol. The van der Waals surface area contributed by atoms with Crippen LogP contribution in [0.25, 0.3) is 0 Å². The van der Waals surface area contributed by atoms with Gasteiger partial charge in [-0.3, -0.25) is 4.79 Å². The summed E-state index contributed by atoms with van der Waals surface area (Å²) in [6, 6.07) is 4.82. The van der Waals surface area contributed by atoms with Crippen molar-refractivity contribution in [1.82, 2.24) is 4.98 Å². The number of Topliss-reactive ketones (excluding diaryl/α,β-unsaturated/α-hetero) is 1. The molecule has 0 saturated heterocycles. The molecule has 19 heavy (non-hydrogen) atoms. The molecule has 0 saturated carbocycles. The predicted molar refractivity (Wildman–Crippen MR) is 77.5 cm³/mol. The van der Waals surface area contributed by atoms with Crippen LogP contribution in [0.5, 0.6) is 0 Å². The molecule has 1 aromatic heterocycles. The van der Waals surface area contributed by atoms with E-state index < -0.39 is 0 Å². The van der Waals surface area contributed by atoms with Crippen LogP contribution in [0.15, 0.2) is 27.8 Å². The molecular weight excluding hydrogens is 305 g/mol. The van der Waals surface area contributed by atoms with Gasteiger partial charge in [-0.2, -0.15) is 0 Å². The Kier molecular flexibility index (Phi) is 4.55. The van der Waals surface area contributed by atoms with Gasteiger partial charge in [0.2, 0.25) is 0 Å². The van der Waals surface area contributed by atoms with E-state index in [1.807, 2.05) is 13.8 Å². The van der Waals surface area contributed by atoms with Crippen molar-refractivity contribution in [2.24, 2.45) is 0 Å². The number of carbonyl (C=O) groups excluding carboxylic acids is 1. The first kappa shape index (κ1) is 14.4. The van der Waals surface area contributed by atoms with Crippen molar-refractivity contribution in [1.29, 1.82) is 0 Å². The zero-order valence-corrected chi connectivity index (χ0v) is 12.7. The van der Waals surface area contributed by atoms with Gasteiger partial charge in [-0.1, -0.05) is 35.0 Å². The van der Waals surface area contributed by atoms with Crippen molar-refractivity contribution in [2.75, 3.05) is 5.75 Å². The molecule has 2 rings (SSSR count). The van der Waals surface area contributed by atoms with E-state index in [-0.39, 0.29) is 11.5 Å². The molecule has 3 nitrogen and oxygen atoms in total. The Hall–Kier alpha value is -0.970. The van der Waals surface area contributed by atoms with Crippen LogP contribution in [0.1, 0.15) is 21.8 Å². The van der Waals surface area contributed by atoms with E-state index in [0.717, 1.165) is 11.5 Å². The van der Waals surface area contributed by atoms with Gasteiger partial charge in [0.05, 0.1) is 16.5 Å². The van der Waals surface area contributed by atoms with Crippen LogP contribution in [0.2, 0.25) is 10.0 Å². The summed E-state index contributed by atoms with van der Waals surface area (Å²) in [6.07, 6.45) is 0. The second-order valence-corrected chi connectivity index (χ2v) is 5.73. The minimum absolute atomic E-state index is 0.0832. The first-order valence-corrected chi connectivity index (χ1v) is 7.26. The molecule has 0 atom stereocenters. The highest BCUT2D eigenvalue weighted by Crippen LogP contribution is 2.25. The highest BCUT2D eigenvalue weighted by atomic mass is 35.5. The van der Waals surface area contributed by atoms with Crippen LogP contribution in [-0.2, 0) is 0 Å². The van der Waals surface area contributed by atoms with E-state index in [0.29, 0.717) is 20.8 Å². The summed E-state index contributed by atoms with van der Waals surface area (Å²) in [5, 5.41) is 1.36. The van der Waals surface area contributed by atoms with Crippen LogP contribution in [0.3, 0.4) is 0 Å². The number of rotatable bonds is 4. The Morgan fingerprint density at radius 2 is 2.11 bits per heavy atom. The average molecular weight is 316 g/mol. The van der Waals surface area contributed by atoms with E-state index in [4.69, 9.17) is 27.6 Å². The van der Waals surface area contributed by atoms with Crippen molar-refractivity contribution in [2.45, 2.75) is 19.1 Å². The number of oxazole rings is 1. The maximum absolute atomic E-state index is 12.0. The molecule has 0 radical (unpaired) electrons. The van der Waals surface area contributed by atoms with Gasteiger partial charge in [0, 0.05) is 10.6 Å². The lowest BCUT2D eigenvalue weighted by atomic mass is 10.1. The number of hydrogen-bond acceptors (Lipinski definition) is 4. The number of aryl methyl sites for hydroxylation is 2. The van der Waals surface area contributed by atoms with Gasteiger partial charge in [0.25, 0.3) is 5.22 Å². The Labute approximate surface area is 125 Å². The van der Waals surface area contributed by atoms with Gasteiger partial charge in [-0.25, -0.2) is 4.98 Å². The fourth-order valence-electron chi connectivity index (χ4n) is 1.43. The summed E-state index contributed by atoms with van der Waals surface area (Å²) in [5.41, 5.74) is 1.29. The fraction of sp³-hybridized carbons (Fsp3) is 0.231. The number of carbonyl (C=O) groups is 1. The third-order valence-corrected chi connectivity index (χ3v) is 3.94. The van der Waals surface area contributed by atoms with E-state index in [2.05, 4.69) is 4.98 Å². The molecule has 0 N–H and O–H groups in total. The van der Waals surface area contributed by atoms with Gasteiger partial charge in [0.15, 0.2) is 5.78 Å². The summed E-state index contributed by atoms with van der Waals surface area (Å²) in [5.74, 6) is 0.903. The fourth-order valence-corrected chi connectivity index (χ4v) is 2.74. The van der Waals surface area contributed by atoms with Gasteiger partial charge < -0.3 is 4.42 Å². The average Bonchev–Trinajstić information content (AvgIpc) is 2.66. The zero-order valence-electron chi connectivity index (χ0n) is 10.4. The molecule has 1 heterocycles. The lowest BCUT2D eigenvalue weighted by Crippen LogP contribution is -2.03. The maximum Gasteiger partial charge on any atom is 0.256 e. The molecular formula is C13H11Cl2NO2S. The molecule has 6 heteroatoms. The highest BCUT2D eigenvalue weighted by Gasteiger charge is 2.13. The summed E-state index contributed by atoms with van der Waals surface area (Å²) in [6.45, 7) is 3.70. The van der Waals surface area contributed by atoms with Crippen LogP contribution < -0.4 is 0 Å². The Morgan fingerprint density at radius 1 is 1.37 bits per heavy atom. The summed E-state index contributed by atoms with van der Waals surface area (Å²) < 4.78 is 5.40. The van der Waals surface area contributed by atoms with Crippen molar-refractivity contribution in [3.8, 4) is 0 Å². The number of ketones is 1. The van der Waals surface area contributed by atoms with Crippen molar-refractivity contribution < 1.29 is 9.21 Å². The highest BCUT2D eigenvalue weighted by molar-refractivity contribution is 7.99. The van der Waals surface area contributed by atoms with Crippen LogP contribution in [0, 0.1) is 13.8 Å². The van der Waals surface area contributed by atoms with E-state index >= 15 is 0 Å². The third kappa shape index (κ3) is 3.53. The predicted octanol–water partition coefficient (Wildman–Crippen LogP) is 4.57. The lowest BCUT2D eigenvalue weighted by Gasteiger charge is -2.02. The summed E-state index contributed by atoms with van der Waals surface area (Å²) in [4.78, 5) is 16.2. The topological polar surface area (TPSA) is 43.1 Å². The molecule has 0 bridgehead atoms. The van der Waals surface area contributed by atoms with Crippen molar-refractivity contribution in [3.05, 3.63) is 45.3 Å². The molecule has 0 amide bonds. The molecule has 0 fully saturated rings. The molecule has 0 unspecified atom stereocenters. The number of aromatic nitrogens is 1. The summed E-state index contributed by atoms with van der Waals surface area (Å²) in [7, 11) is 0. The Morgan fingerprint density at radius 3 is 2.68 bits per heavy atom. The van der Waals surface area contributed by atoms with E-state index in [1.54, 1.807) is 18.2 Å².